The fraction of sp³-hybridized carbons (Fsp3) is 0.125. The van der Waals surface area contributed by atoms with E-state index in [1.54, 1.807) is 18.5 Å². The lowest BCUT2D eigenvalue weighted by atomic mass is 10.2. The quantitative estimate of drug-likeness (QED) is 0.547. The molecule has 0 radical (unpaired) electrons. The number of halogens is 1. The van der Waals surface area contributed by atoms with Gasteiger partial charge in [0, 0.05) is 11.0 Å². The van der Waals surface area contributed by atoms with Crippen molar-refractivity contribution in [2.75, 3.05) is 7.05 Å². The van der Waals surface area contributed by atoms with Crippen molar-refractivity contribution in [3.05, 3.63) is 52.8 Å². The monoisotopic (exact) mass is 420 g/mol. The van der Waals surface area contributed by atoms with Crippen LogP contribution in [-0.2, 0) is 16.6 Å². The van der Waals surface area contributed by atoms with Crippen LogP contribution < -0.4 is 4.72 Å². The summed E-state index contributed by atoms with van der Waals surface area (Å²) in [6, 6.07) is 11.4. The fourth-order valence-corrected chi connectivity index (χ4v) is 3.55. The summed E-state index contributed by atoms with van der Waals surface area (Å²) in [6.45, 7) is 0.586. The first-order valence-corrected chi connectivity index (χ1v) is 9.67. The van der Waals surface area contributed by atoms with Gasteiger partial charge in [-0.25, -0.2) is 18.1 Å². The number of benzene rings is 2. The van der Waals surface area contributed by atoms with Crippen molar-refractivity contribution in [3.8, 4) is 0 Å². The van der Waals surface area contributed by atoms with E-state index in [9.17, 15) is 8.42 Å². The topological polar surface area (TPSA) is 90.0 Å². The Kier molecular flexibility index (Phi) is 3.86. The molecule has 4 aromatic rings. The predicted octanol–water partition coefficient (Wildman–Crippen LogP) is 2.90. The number of imidazole rings is 1. The molecule has 0 aliphatic heterocycles. The Hall–Kier alpha value is -2.23. The van der Waals surface area contributed by atoms with Gasteiger partial charge in [0.2, 0.25) is 0 Å². The van der Waals surface area contributed by atoms with Gasteiger partial charge in [0.1, 0.15) is 5.52 Å². The van der Waals surface area contributed by atoms with Crippen molar-refractivity contribution in [3.63, 3.8) is 0 Å². The number of sulfonamides is 1. The molecule has 0 aliphatic rings. The lowest BCUT2D eigenvalue weighted by molar-refractivity contribution is 0.455. The van der Waals surface area contributed by atoms with Crippen LogP contribution in [0.15, 0.2) is 56.8 Å². The van der Waals surface area contributed by atoms with Crippen molar-refractivity contribution in [2.24, 2.45) is 0 Å². The Morgan fingerprint density at radius 1 is 1.20 bits per heavy atom. The van der Waals surface area contributed by atoms with Crippen LogP contribution in [0.2, 0.25) is 0 Å². The third kappa shape index (κ3) is 2.94. The Balaban J connectivity index is 1.71. The van der Waals surface area contributed by atoms with Crippen molar-refractivity contribution in [1.82, 2.24) is 19.3 Å². The maximum Gasteiger partial charge on any atom is 0.331 e. The van der Waals surface area contributed by atoms with Gasteiger partial charge in [-0.1, -0.05) is 22.0 Å². The summed E-state index contributed by atoms with van der Waals surface area (Å²) in [6.07, 6.45) is 1.78. The zero-order valence-corrected chi connectivity index (χ0v) is 15.5. The van der Waals surface area contributed by atoms with E-state index in [-0.39, 0.29) is 5.22 Å². The van der Waals surface area contributed by atoms with Crippen LogP contribution >= 0.6 is 15.9 Å². The van der Waals surface area contributed by atoms with Crippen LogP contribution in [0.3, 0.4) is 0 Å². The molecule has 0 saturated carbocycles. The van der Waals surface area contributed by atoms with E-state index in [1.165, 1.54) is 7.05 Å². The molecule has 25 heavy (non-hydrogen) atoms. The first kappa shape index (κ1) is 16.2. The molecule has 0 unspecified atom stereocenters. The van der Waals surface area contributed by atoms with Gasteiger partial charge in [-0.3, -0.25) is 0 Å². The summed E-state index contributed by atoms with van der Waals surface area (Å²) in [5.41, 5.74) is 3.80. The Morgan fingerprint density at radius 2 is 2.04 bits per heavy atom. The number of nitrogens with one attached hydrogen (secondary N) is 1. The summed E-state index contributed by atoms with van der Waals surface area (Å²) in [7, 11) is -2.39. The molecule has 2 heterocycles. The van der Waals surface area contributed by atoms with Gasteiger partial charge < -0.3 is 8.98 Å². The lowest BCUT2D eigenvalue weighted by Crippen LogP contribution is -2.18. The number of aromatic nitrogens is 3. The fourth-order valence-electron chi connectivity index (χ4n) is 2.61. The van der Waals surface area contributed by atoms with Gasteiger partial charge in [0.15, 0.2) is 5.58 Å². The minimum atomic E-state index is -3.70. The minimum absolute atomic E-state index is 0.333. The molecule has 4 rings (SSSR count). The zero-order valence-electron chi connectivity index (χ0n) is 13.1. The van der Waals surface area contributed by atoms with E-state index in [1.807, 2.05) is 28.8 Å². The molecular weight excluding hydrogens is 408 g/mol. The number of oxazole rings is 1. The Labute approximate surface area is 151 Å². The maximum atomic E-state index is 11.8. The normalized spacial score (nSPS) is 12.2. The van der Waals surface area contributed by atoms with E-state index >= 15 is 0 Å². The van der Waals surface area contributed by atoms with Gasteiger partial charge in [0.25, 0.3) is 10.0 Å². The van der Waals surface area contributed by atoms with E-state index in [2.05, 4.69) is 30.6 Å². The summed E-state index contributed by atoms with van der Waals surface area (Å²) in [4.78, 5) is 8.41. The van der Waals surface area contributed by atoms with Crippen LogP contribution in [0.4, 0.5) is 0 Å². The highest BCUT2D eigenvalue weighted by molar-refractivity contribution is 9.10. The van der Waals surface area contributed by atoms with Crippen molar-refractivity contribution in [1.29, 1.82) is 0 Å². The van der Waals surface area contributed by atoms with Crippen LogP contribution in [-0.4, -0.2) is 30.0 Å². The molecule has 1 N–H and O–H groups in total. The second kappa shape index (κ2) is 5.94. The maximum absolute atomic E-state index is 11.8. The summed E-state index contributed by atoms with van der Waals surface area (Å²) in [5, 5.41) is -0.333. The molecule has 0 spiro atoms. The highest BCUT2D eigenvalue weighted by Gasteiger charge is 2.19. The molecule has 2 aromatic heterocycles. The minimum Gasteiger partial charge on any atom is -0.427 e. The number of fused-ring (bicyclic) bond motifs is 2. The number of hydrogen-bond acceptors (Lipinski definition) is 5. The van der Waals surface area contributed by atoms with Crippen LogP contribution in [0.1, 0.15) is 5.56 Å². The third-order valence-corrected chi connectivity index (χ3v) is 5.53. The molecule has 0 amide bonds. The third-order valence-electron chi connectivity index (χ3n) is 3.87. The van der Waals surface area contributed by atoms with E-state index < -0.39 is 10.0 Å². The van der Waals surface area contributed by atoms with E-state index in [0.29, 0.717) is 17.6 Å². The molecule has 7 nitrogen and oxygen atoms in total. The Morgan fingerprint density at radius 3 is 2.84 bits per heavy atom. The average molecular weight is 421 g/mol. The standard InChI is InChI=1S/C16H13BrN4O3S/c1-18-25(22,23)16-20-12-4-2-10(6-15(12)24-16)8-21-9-19-13-7-11(17)3-5-14(13)21/h2-7,9,18H,8H2,1H3. The molecule has 128 valence electrons. The van der Waals surface area contributed by atoms with Crippen molar-refractivity contribution < 1.29 is 12.8 Å². The lowest BCUT2D eigenvalue weighted by Gasteiger charge is -2.04. The van der Waals surface area contributed by atoms with E-state index in [4.69, 9.17) is 4.42 Å². The second-order valence-corrected chi connectivity index (χ2v) is 8.17. The summed E-state index contributed by atoms with van der Waals surface area (Å²) in [5.74, 6) is 0. The number of rotatable bonds is 4. The van der Waals surface area contributed by atoms with Gasteiger partial charge >= 0.3 is 5.22 Å². The molecule has 9 heteroatoms. The number of hydrogen-bond donors (Lipinski definition) is 1. The highest BCUT2D eigenvalue weighted by Crippen LogP contribution is 2.23. The van der Waals surface area contributed by atoms with E-state index in [0.717, 1.165) is 21.1 Å². The molecule has 0 fully saturated rings. The first-order valence-electron chi connectivity index (χ1n) is 7.40. The van der Waals surface area contributed by atoms with Gasteiger partial charge in [-0.05, 0) is 42.9 Å². The van der Waals surface area contributed by atoms with Crippen molar-refractivity contribution >= 4 is 48.1 Å². The largest absolute Gasteiger partial charge is 0.427 e. The Bertz CT molecular complexity index is 1200. The average Bonchev–Trinajstić information content (AvgIpc) is 3.19. The smallest absolute Gasteiger partial charge is 0.331 e. The van der Waals surface area contributed by atoms with Crippen molar-refractivity contribution in [2.45, 2.75) is 11.8 Å². The first-order chi connectivity index (χ1) is 12.0. The molecule has 0 saturated heterocycles. The molecule has 0 bridgehead atoms. The zero-order chi connectivity index (χ0) is 17.6. The van der Waals surface area contributed by atoms with Crippen LogP contribution in [0.5, 0.6) is 0 Å². The van der Waals surface area contributed by atoms with Gasteiger partial charge in [-0.2, -0.15) is 4.98 Å². The van der Waals surface area contributed by atoms with Gasteiger partial charge in [0.05, 0.1) is 17.4 Å². The van der Waals surface area contributed by atoms with Crippen LogP contribution in [0, 0.1) is 0 Å². The summed E-state index contributed by atoms with van der Waals surface area (Å²) >= 11 is 3.44. The molecule has 2 aromatic carbocycles. The second-order valence-electron chi connectivity index (χ2n) is 5.49. The summed E-state index contributed by atoms with van der Waals surface area (Å²) < 4.78 is 34.2. The number of nitrogens with zero attached hydrogens (tertiary/aromatic N) is 3. The molecular formula is C16H13BrN4O3S. The highest BCUT2D eigenvalue weighted by atomic mass is 79.9. The van der Waals surface area contributed by atoms with Gasteiger partial charge in [-0.15, -0.1) is 0 Å². The SMILES string of the molecule is CNS(=O)(=O)c1nc2ccc(Cn3cnc4cc(Br)ccc43)cc2o1. The molecule has 0 atom stereocenters. The predicted molar refractivity (Wildman–Crippen MR) is 96.8 cm³/mol. The molecule has 0 aliphatic carbocycles. The van der Waals surface area contributed by atoms with Crippen LogP contribution in [0.25, 0.3) is 22.1 Å².